The van der Waals surface area contributed by atoms with Gasteiger partial charge < -0.3 is 19.2 Å². The number of nitrogens with one attached hydrogen (secondary N) is 1. The smallest absolute Gasteiger partial charge is 0.273 e. The third-order valence-corrected chi connectivity index (χ3v) is 6.14. The van der Waals surface area contributed by atoms with E-state index in [-0.39, 0.29) is 18.2 Å². The van der Waals surface area contributed by atoms with Gasteiger partial charge in [-0.05, 0) is 54.4 Å². The standard InChI is InChI=1S/C24H20ClN3O4/c1-13-10-19(29)17(11-18(13)25)21-20-22(27-26-21)24(30)28(12-16-4-3-9-32-16)23(20)14-5-7-15(31-2)8-6-14/h3-11,23,29H,12H2,1-2H3,(H,26,27). The van der Waals surface area contributed by atoms with E-state index in [1.807, 2.05) is 37.3 Å². The molecule has 1 aliphatic rings. The van der Waals surface area contributed by atoms with Crippen LogP contribution in [-0.4, -0.2) is 33.2 Å². The molecule has 2 aromatic heterocycles. The zero-order valence-electron chi connectivity index (χ0n) is 17.4. The molecule has 0 aliphatic carbocycles. The SMILES string of the molecule is COc1ccc(C2c3c(-c4cc(Cl)c(C)cc4O)n[nH]c3C(=O)N2Cc2ccco2)cc1. The van der Waals surface area contributed by atoms with Crippen molar-refractivity contribution < 1.29 is 19.1 Å². The first-order chi connectivity index (χ1) is 15.5. The molecule has 0 fully saturated rings. The fourth-order valence-corrected chi connectivity index (χ4v) is 4.29. The summed E-state index contributed by atoms with van der Waals surface area (Å²) >= 11 is 6.34. The maximum atomic E-state index is 13.4. The van der Waals surface area contributed by atoms with Crippen molar-refractivity contribution in [2.45, 2.75) is 19.5 Å². The van der Waals surface area contributed by atoms with Crippen LogP contribution in [0.15, 0.2) is 59.2 Å². The number of carbonyl (C=O) groups excluding carboxylic acids is 1. The van der Waals surface area contributed by atoms with Gasteiger partial charge in [0.25, 0.3) is 5.91 Å². The average molecular weight is 450 g/mol. The number of rotatable bonds is 5. The topological polar surface area (TPSA) is 91.6 Å². The number of benzene rings is 2. The molecule has 7 nitrogen and oxygen atoms in total. The molecule has 2 aromatic carbocycles. The number of H-pyrrole nitrogens is 1. The summed E-state index contributed by atoms with van der Waals surface area (Å²) in [6, 6.07) is 14.0. The molecule has 0 spiro atoms. The second kappa shape index (κ2) is 7.76. The van der Waals surface area contributed by atoms with E-state index in [9.17, 15) is 9.90 Å². The molecule has 162 valence electrons. The summed E-state index contributed by atoms with van der Waals surface area (Å²) in [7, 11) is 1.60. The first kappa shape index (κ1) is 20.2. The lowest BCUT2D eigenvalue weighted by Gasteiger charge is -2.25. The summed E-state index contributed by atoms with van der Waals surface area (Å²) in [6.45, 7) is 2.10. The van der Waals surface area contributed by atoms with E-state index in [0.29, 0.717) is 39.0 Å². The zero-order chi connectivity index (χ0) is 22.4. The van der Waals surface area contributed by atoms with E-state index in [1.54, 1.807) is 36.5 Å². The molecule has 2 N–H and O–H groups in total. The van der Waals surface area contributed by atoms with E-state index in [4.69, 9.17) is 20.8 Å². The molecule has 4 aromatic rings. The Kier molecular flexibility index (Phi) is 4.90. The molecule has 1 aliphatic heterocycles. The van der Waals surface area contributed by atoms with Crippen molar-refractivity contribution in [1.82, 2.24) is 15.1 Å². The van der Waals surface area contributed by atoms with Crippen molar-refractivity contribution in [3.63, 3.8) is 0 Å². The van der Waals surface area contributed by atoms with Crippen LogP contribution in [0.25, 0.3) is 11.3 Å². The summed E-state index contributed by atoms with van der Waals surface area (Å²) in [5.74, 6) is 1.23. The zero-order valence-corrected chi connectivity index (χ0v) is 18.2. The lowest BCUT2D eigenvalue weighted by Crippen LogP contribution is -2.28. The minimum atomic E-state index is -0.443. The third kappa shape index (κ3) is 3.22. The number of halogens is 1. The van der Waals surface area contributed by atoms with Gasteiger partial charge in [-0.2, -0.15) is 5.10 Å². The molecular weight excluding hydrogens is 430 g/mol. The molecule has 0 radical (unpaired) electrons. The molecular formula is C24H20ClN3O4. The predicted molar refractivity (Wildman–Crippen MR) is 119 cm³/mol. The fourth-order valence-electron chi connectivity index (χ4n) is 4.12. The first-order valence-corrected chi connectivity index (χ1v) is 10.4. The van der Waals surface area contributed by atoms with E-state index >= 15 is 0 Å². The number of aromatic nitrogens is 2. The molecule has 0 saturated carbocycles. The molecule has 0 bridgehead atoms. The number of aryl methyl sites for hydroxylation is 1. The number of amides is 1. The van der Waals surface area contributed by atoms with Gasteiger partial charge in [0.2, 0.25) is 0 Å². The largest absolute Gasteiger partial charge is 0.507 e. The van der Waals surface area contributed by atoms with Gasteiger partial charge in [0.05, 0.1) is 26.0 Å². The Morgan fingerprint density at radius 3 is 2.72 bits per heavy atom. The highest BCUT2D eigenvalue weighted by molar-refractivity contribution is 6.31. The number of ether oxygens (including phenoxy) is 1. The van der Waals surface area contributed by atoms with Gasteiger partial charge in [-0.25, -0.2) is 0 Å². The lowest BCUT2D eigenvalue weighted by molar-refractivity contribution is 0.0717. The van der Waals surface area contributed by atoms with Crippen LogP contribution >= 0.6 is 11.6 Å². The number of phenols is 1. The molecule has 5 rings (SSSR count). The Morgan fingerprint density at radius 2 is 2.03 bits per heavy atom. The minimum absolute atomic E-state index is 0.0478. The molecule has 8 heteroatoms. The van der Waals surface area contributed by atoms with Crippen LogP contribution < -0.4 is 4.74 Å². The van der Waals surface area contributed by atoms with E-state index in [2.05, 4.69) is 10.2 Å². The van der Waals surface area contributed by atoms with E-state index in [0.717, 1.165) is 11.1 Å². The highest BCUT2D eigenvalue weighted by Gasteiger charge is 2.43. The highest BCUT2D eigenvalue weighted by Crippen LogP contribution is 2.46. The summed E-state index contributed by atoms with van der Waals surface area (Å²) in [4.78, 5) is 15.1. The number of furan rings is 1. The second-order valence-electron chi connectivity index (χ2n) is 7.67. The Labute approximate surface area is 189 Å². The number of hydrogen-bond acceptors (Lipinski definition) is 5. The van der Waals surface area contributed by atoms with Crippen molar-refractivity contribution in [2.24, 2.45) is 0 Å². The van der Waals surface area contributed by atoms with Gasteiger partial charge in [-0.1, -0.05) is 23.7 Å². The summed E-state index contributed by atoms with van der Waals surface area (Å²) in [5, 5.41) is 18.4. The number of fused-ring (bicyclic) bond motifs is 1. The monoisotopic (exact) mass is 449 g/mol. The number of carbonyl (C=O) groups is 1. The summed E-state index contributed by atoms with van der Waals surface area (Å²) in [6.07, 6.45) is 1.58. The number of aromatic amines is 1. The van der Waals surface area contributed by atoms with Crippen LogP contribution in [0.4, 0.5) is 0 Å². The van der Waals surface area contributed by atoms with Gasteiger partial charge >= 0.3 is 0 Å². The molecule has 1 unspecified atom stereocenters. The molecule has 1 atom stereocenters. The Morgan fingerprint density at radius 1 is 1.25 bits per heavy atom. The van der Waals surface area contributed by atoms with Crippen molar-refractivity contribution in [2.75, 3.05) is 7.11 Å². The lowest BCUT2D eigenvalue weighted by atomic mass is 9.95. The second-order valence-corrected chi connectivity index (χ2v) is 8.07. The van der Waals surface area contributed by atoms with Gasteiger partial charge in [0.15, 0.2) is 0 Å². The van der Waals surface area contributed by atoms with Crippen LogP contribution in [0.5, 0.6) is 11.5 Å². The third-order valence-electron chi connectivity index (χ3n) is 5.73. The Balaban J connectivity index is 1.68. The van der Waals surface area contributed by atoms with Gasteiger partial charge in [0, 0.05) is 16.1 Å². The number of nitrogens with zero attached hydrogens (tertiary/aromatic N) is 2. The minimum Gasteiger partial charge on any atom is -0.507 e. The van der Waals surface area contributed by atoms with Crippen LogP contribution in [0, 0.1) is 6.92 Å². The van der Waals surface area contributed by atoms with Crippen LogP contribution in [0.1, 0.15) is 39.0 Å². The number of hydrogen-bond donors (Lipinski definition) is 2. The maximum Gasteiger partial charge on any atom is 0.273 e. The van der Waals surface area contributed by atoms with Crippen molar-refractivity contribution >= 4 is 17.5 Å². The highest BCUT2D eigenvalue weighted by atomic mass is 35.5. The van der Waals surface area contributed by atoms with Crippen LogP contribution in [0.2, 0.25) is 5.02 Å². The molecule has 0 saturated heterocycles. The number of phenolic OH excluding ortho intramolecular Hbond substituents is 1. The normalized spacial score (nSPS) is 15.3. The average Bonchev–Trinajstić information content (AvgIpc) is 3.51. The summed E-state index contributed by atoms with van der Waals surface area (Å²) in [5.41, 5.74) is 3.64. The van der Waals surface area contributed by atoms with Crippen LogP contribution in [-0.2, 0) is 6.54 Å². The Hall–Kier alpha value is -3.71. The van der Waals surface area contributed by atoms with Gasteiger partial charge in [-0.15, -0.1) is 0 Å². The fraction of sp³-hybridized carbons (Fsp3) is 0.167. The number of aromatic hydroxyl groups is 1. The van der Waals surface area contributed by atoms with Gasteiger partial charge in [0.1, 0.15) is 28.6 Å². The number of methoxy groups -OCH3 is 1. The molecule has 1 amide bonds. The van der Waals surface area contributed by atoms with Crippen molar-refractivity contribution in [1.29, 1.82) is 0 Å². The Bertz CT molecular complexity index is 1300. The van der Waals surface area contributed by atoms with Crippen molar-refractivity contribution in [3.8, 4) is 22.8 Å². The van der Waals surface area contributed by atoms with E-state index < -0.39 is 6.04 Å². The molecule has 32 heavy (non-hydrogen) atoms. The van der Waals surface area contributed by atoms with Crippen LogP contribution in [0.3, 0.4) is 0 Å². The quantitative estimate of drug-likeness (QED) is 0.442. The van der Waals surface area contributed by atoms with E-state index in [1.165, 1.54) is 0 Å². The van der Waals surface area contributed by atoms with Crippen molar-refractivity contribution in [3.05, 3.63) is 88.0 Å². The summed E-state index contributed by atoms with van der Waals surface area (Å²) < 4.78 is 10.8. The maximum absolute atomic E-state index is 13.4. The first-order valence-electron chi connectivity index (χ1n) is 10.0. The van der Waals surface area contributed by atoms with Gasteiger partial charge in [-0.3, -0.25) is 9.89 Å². The molecule has 3 heterocycles. The predicted octanol–water partition coefficient (Wildman–Crippen LogP) is 5.09.